The number of anilines is 1. The van der Waals surface area contributed by atoms with Crippen LogP contribution in [0.5, 0.6) is 5.75 Å². The number of hydrogen-bond acceptors (Lipinski definition) is 4. The number of nitrogens with one attached hydrogen (secondary N) is 1. The van der Waals surface area contributed by atoms with Crippen molar-refractivity contribution < 1.29 is 17.9 Å². The molecule has 1 heterocycles. The number of halogens is 1. The number of amides is 1. The first-order valence-corrected chi connectivity index (χ1v) is 11.1. The Morgan fingerprint density at radius 1 is 1.17 bits per heavy atom. The highest BCUT2D eigenvalue weighted by molar-refractivity contribution is 7.92. The van der Waals surface area contributed by atoms with Gasteiger partial charge in [0.15, 0.2) is 0 Å². The third-order valence-electron chi connectivity index (χ3n) is 4.84. The second-order valence-electron chi connectivity index (χ2n) is 6.77. The van der Waals surface area contributed by atoms with Crippen molar-refractivity contribution in [2.24, 2.45) is 5.92 Å². The highest BCUT2D eigenvalue weighted by Crippen LogP contribution is 2.29. The van der Waals surface area contributed by atoms with Crippen molar-refractivity contribution in [3.05, 3.63) is 64.5 Å². The van der Waals surface area contributed by atoms with Crippen LogP contribution in [0.2, 0.25) is 5.02 Å². The summed E-state index contributed by atoms with van der Waals surface area (Å²) in [5.74, 6) is 0.0829. The highest BCUT2D eigenvalue weighted by Gasteiger charge is 2.30. The Morgan fingerprint density at radius 2 is 1.86 bits per heavy atom. The second kappa shape index (κ2) is 9.43. The molecule has 2 aromatic rings. The Morgan fingerprint density at radius 3 is 2.52 bits per heavy atom. The largest absolute Gasteiger partial charge is 0.495 e. The van der Waals surface area contributed by atoms with Gasteiger partial charge in [-0.2, -0.15) is 4.31 Å². The molecular weight excluding hydrogens is 412 g/mol. The van der Waals surface area contributed by atoms with E-state index in [0.29, 0.717) is 42.4 Å². The summed E-state index contributed by atoms with van der Waals surface area (Å²) in [7, 11) is -2.00. The number of benzene rings is 2. The van der Waals surface area contributed by atoms with E-state index in [-0.39, 0.29) is 11.8 Å². The summed E-state index contributed by atoms with van der Waals surface area (Å²) >= 11 is 6.00. The zero-order chi connectivity index (χ0) is 20.9. The lowest BCUT2D eigenvalue weighted by atomic mass is 9.97. The lowest BCUT2D eigenvalue weighted by Gasteiger charge is -2.29. The summed E-state index contributed by atoms with van der Waals surface area (Å²) in [6.07, 6.45) is 2.49. The van der Waals surface area contributed by atoms with Crippen LogP contribution in [-0.2, 0) is 14.8 Å². The van der Waals surface area contributed by atoms with E-state index in [2.05, 4.69) is 5.32 Å². The average Bonchev–Trinajstić information content (AvgIpc) is 2.73. The van der Waals surface area contributed by atoms with Crippen LogP contribution in [0, 0.1) is 5.92 Å². The maximum absolute atomic E-state index is 12.6. The Bertz CT molecular complexity index is 985. The van der Waals surface area contributed by atoms with Crippen LogP contribution in [0.4, 0.5) is 5.69 Å². The number of ether oxygens (including phenoxy) is 1. The fourth-order valence-electron chi connectivity index (χ4n) is 3.20. The van der Waals surface area contributed by atoms with Crippen molar-refractivity contribution in [2.75, 3.05) is 25.5 Å². The van der Waals surface area contributed by atoms with Crippen LogP contribution >= 0.6 is 11.6 Å². The fourth-order valence-corrected chi connectivity index (χ4v) is 4.59. The molecule has 1 fully saturated rings. The van der Waals surface area contributed by atoms with E-state index >= 15 is 0 Å². The van der Waals surface area contributed by atoms with Gasteiger partial charge in [-0.3, -0.25) is 4.79 Å². The third-order valence-corrected chi connectivity index (χ3v) is 6.64. The summed E-state index contributed by atoms with van der Waals surface area (Å²) in [6, 6.07) is 14.3. The molecule has 29 heavy (non-hydrogen) atoms. The average molecular weight is 435 g/mol. The molecule has 0 unspecified atom stereocenters. The van der Waals surface area contributed by atoms with Gasteiger partial charge >= 0.3 is 0 Å². The van der Waals surface area contributed by atoms with Gasteiger partial charge in [0.1, 0.15) is 5.75 Å². The zero-order valence-corrected chi connectivity index (χ0v) is 17.6. The third kappa shape index (κ3) is 5.59. The van der Waals surface area contributed by atoms with Gasteiger partial charge in [0.2, 0.25) is 15.9 Å². The molecule has 154 valence electrons. The minimum atomic E-state index is -3.52. The normalized spacial score (nSPS) is 16.1. The van der Waals surface area contributed by atoms with E-state index in [9.17, 15) is 13.2 Å². The molecule has 1 aliphatic rings. The summed E-state index contributed by atoms with van der Waals surface area (Å²) in [4.78, 5) is 12.6. The predicted molar refractivity (Wildman–Crippen MR) is 115 cm³/mol. The minimum Gasteiger partial charge on any atom is -0.495 e. The SMILES string of the molecule is COc1ccc(Cl)cc1NC(=O)C1CCN(S(=O)(=O)/C=C/c2ccccc2)CC1. The van der Waals surface area contributed by atoms with Gasteiger partial charge < -0.3 is 10.1 Å². The van der Waals surface area contributed by atoms with Gasteiger partial charge in [-0.1, -0.05) is 41.9 Å². The van der Waals surface area contributed by atoms with E-state index < -0.39 is 10.0 Å². The van der Waals surface area contributed by atoms with Crippen LogP contribution in [0.25, 0.3) is 6.08 Å². The van der Waals surface area contributed by atoms with Gasteiger partial charge in [-0.25, -0.2) is 8.42 Å². The first-order chi connectivity index (χ1) is 13.9. The van der Waals surface area contributed by atoms with E-state index in [1.807, 2.05) is 30.3 Å². The smallest absolute Gasteiger partial charge is 0.236 e. The van der Waals surface area contributed by atoms with Gasteiger partial charge in [0.25, 0.3) is 0 Å². The molecule has 0 saturated carbocycles. The molecule has 2 aromatic carbocycles. The lowest BCUT2D eigenvalue weighted by molar-refractivity contribution is -0.120. The molecule has 1 aliphatic heterocycles. The molecule has 1 saturated heterocycles. The van der Waals surface area contributed by atoms with Crippen molar-refractivity contribution in [1.29, 1.82) is 0 Å². The quantitative estimate of drug-likeness (QED) is 0.745. The summed E-state index contributed by atoms with van der Waals surface area (Å²) < 4.78 is 31.8. The van der Waals surface area contributed by atoms with Crippen LogP contribution in [0.1, 0.15) is 18.4 Å². The minimum absolute atomic E-state index is 0.164. The summed E-state index contributed by atoms with van der Waals surface area (Å²) in [5.41, 5.74) is 1.33. The molecule has 0 bridgehead atoms. The first kappa shape index (κ1) is 21.4. The monoisotopic (exact) mass is 434 g/mol. The number of nitrogens with zero attached hydrogens (tertiary/aromatic N) is 1. The number of piperidine rings is 1. The molecule has 0 radical (unpaired) electrons. The second-order valence-corrected chi connectivity index (χ2v) is 9.02. The van der Waals surface area contributed by atoms with Crippen LogP contribution in [-0.4, -0.2) is 38.8 Å². The van der Waals surface area contributed by atoms with Crippen molar-refractivity contribution in [2.45, 2.75) is 12.8 Å². The Balaban J connectivity index is 1.59. The molecule has 3 rings (SSSR count). The van der Waals surface area contributed by atoms with Crippen molar-refractivity contribution >= 4 is 39.3 Å². The lowest BCUT2D eigenvalue weighted by Crippen LogP contribution is -2.40. The molecular formula is C21H23ClN2O4S. The van der Waals surface area contributed by atoms with Crippen LogP contribution < -0.4 is 10.1 Å². The highest BCUT2D eigenvalue weighted by atomic mass is 35.5. The molecule has 0 atom stereocenters. The number of hydrogen-bond donors (Lipinski definition) is 1. The van der Waals surface area contributed by atoms with Crippen LogP contribution in [0.3, 0.4) is 0 Å². The topological polar surface area (TPSA) is 75.7 Å². The molecule has 0 aromatic heterocycles. The molecule has 0 spiro atoms. The van der Waals surface area contributed by atoms with Gasteiger partial charge in [-0.05, 0) is 42.7 Å². The fraction of sp³-hybridized carbons (Fsp3) is 0.286. The van der Waals surface area contributed by atoms with Crippen molar-refractivity contribution in [3.8, 4) is 5.75 Å². The maximum atomic E-state index is 12.6. The molecule has 1 N–H and O–H groups in total. The summed E-state index contributed by atoms with van der Waals surface area (Å²) in [6.45, 7) is 0.596. The van der Waals surface area contributed by atoms with E-state index in [0.717, 1.165) is 5.56 Å². The summed E-state index contributed by atoms with van der Waals surface area (Å²) in [5, 5.41) is 4.56. The van der Waals surface area contributed by atoms with Crippen LogP contribution in [0.15, 0.2) is 53.9 Å². The van der Waals surface area contributed by atoms with Gasteiger partial charge in [0, 0.05) is 29.4 Å². The number of carbonyl (C=O) groups is 1. The number of sulfonamides is 1. The molecule has 6 nitrogen and oxygen atoms in total. The molecule has 1 amide bonds. The molecule has 8 heteroatoms. The number of carbonyl (C=O) groups excluding carboxylic acids is 1. The Kier molecular flexibility index (Phi) is 6.95. The van der Waals surface area contributed by atoms with Crippen molar-refractivity contribution in [1.82, 2.24) is 4.31 Å². The van der Waals surface area contributed by atoms with Crippen molar-refractivity contribution in [3.63, 3.8) is 0 Å². The number of rotatable bonds is 6. The Hall–Kier alpha value is -2.35. The van der Waals surface area contributed by atoms with E-state index in [1.165, 1.54) is 16.8 Å². The zero-order valence-electron chi connectivity index (χ0n) is 16.0. The predicted octanol–water partition coefficient (Wildman–Crippen LogP) is 4.00. The van der Waals surface area contributed by atoms with Gasteiger partial charge in [-0.15, -0.1) is 0 Å². The van der Waals surface area contributed by atoms with Gasteiger partial charge in [0.05, 0.1) is 12.8 Å². The standard InChI is InChI=1S/C21H23ClN2O4S/c1-28-20-8-7-18(22)15-19(20)23-21(25)17-9-12-24(13-10-17)29(26,27)14-11-16-5-3-2-4-6-16/h2-8,11,14-15,17H,9-10,12-13H2,1H3,(H,23,25)/b14-11+. The molecule has 0 aliphatic carbocycles. The number of methoxy groups -OCH3 is 1. The maximum Gasteiger partial charge on any atom is 0.236 e. The van der Waals surface area contributed by atoms with E-state index in [1.54, 1.807) is 24.3 Å². The Labute approximate surface area is 176 Å². The van der Waals surface area contributed by atoms with E-state index in [4.69, 9.17) is 16.3 Å². The first-order valence-electron chi connectivity index (χ1n) is 9.27.